The first-order valence-corrected chi connectivity index (χ1v) is 6.94. The molecule has 0 radical (unpaired) electrons. The predicted molar refractivity (Wildman–Crippen MR) is 52.3 cm³/mol. The maximum atomic E-state index is 12.5. The van der Waals surface area contributed by atoms with Crippen LogP contribution in [0.2, 0.25) is 0 Å². The van der Waals surface area contributed by atoms with E-state index in [4.69, 9.17) is 5.73 Å². The molecule has 1 aromatic carbocycles. The molecule has 8 heteroatoms. The normalized spacial score (nSPS) is 12.7. The van der Waals surface area contributed by atoms with Crippen LogP contribution in [0, 0.1) is 0 Å². The van der Waals surface area contributed by atoms with E-state index in [1.807, 2.05) is 0 Å². The molecule has 1 aromatic rings. The van der Waals surface area contributed by atoms with Crippen LogP contribution in [0.3, 0.4) is 0 Å². The number of nitrogen functional groups attached to an aromatic ring is 1. The average Bonchev–Trinajstić information content (AvgIpc) is 1.99. The summed E-state index contributed by atoms with van der Waals surface area (Å²) in [7, 11) is -8.40. The highest BCUT2D eigenvalue weighted by Crippen LogP contribution is 2.23. The summed E-state index contributed by atoms with van der Waals surface area (Å²) in [4.78, 5) is -0.887. The van der Waals surface area contributed by atoms with Crippen LogP contribution in [0.5, 0.6) is 0 Å². The van der Waals surface area contributed by atoms with Crippen LogP contribution in [0.15, 0.2) is 28.0 Å². The molecule has 2 N–H and O–H groups in total. The van der Waals surface area contributed by atoms with Gasteiger partial charge in [-0.1, -0.05) is 0 Å². The van der Waals surface area contributed by atoms with Gasteiger partial charge in [-0.15, -0.1) is 3.89 Å². The molecule has 0 aliphatic rings. The third kappa shape index (κ3) is 2.66. The number of anilines is 1. The van der Waals surface area contributed by atoms with E-state index in [-0.39, 0.29) is 10.6 Å². The van der Waals surface area contributed by atoms with Gasteiger partial charge in [0.25, 0.3) is 0 Å². The molecular weight excluding hydrogens is 245 g/mol. The SMILES string of the molecule is CS(=O)(=O)c1ccc(S(=O)(=O)F)cc1N. The van der Waals surface area contributed by atoms with E-state index >= 15 is 0 Å². The molecule has 0 aliphatic carbocycles. The standard InChI is InChI=1S/C7H8FNO4S2/c1-14(10,11)7-3-2-5(4-6(7)9)15(8,12)13/h2-4H,9H2,1H3. The first kappa shape index (κ1) is 11.9. The van der Waals surface area contributed by atoms with Crippen LogP contribution >= 0.6 is 0 Å². The summed E-state index contributed by atoms with van der Waals surface area (Å²) in [5.41, 5.74) is 5.00. The minimum Gasteiger partial charge on any atom is -0.398 e. The molecule has 0 fully saturated rings. The lowest BCUT2D eigenvalue weighted by Gasteiger charge is -2.03. The summed E-state index contributed by atoms with van der Waals surface area (Å²) in [5, 5.41) is 0. The molecule has 0 spiro atoms. The van der Waals surface area contributed by atoms with E-state index in [2.05, 4.69) is 0 Å². The molecule has 0 heterocycles. The van der Waals surface area contributed by atoms with Crippen LogP contribution < -0.4 is 5.73 Å². The molecule has 0 saturated carbocycles. The number of nitrogens with two attached hydrogens (primary N) is 1. The third-order valence-corrected chi connectivity index (χ3v) is 3.65. The van der Waals surface area contributed by atoms with Crippen molar-refractivity contribution in [3.8, 4) is 0 Å². The fourth-order valence-electron chi connectivity index (χ4n) is 1.02. The first-order chi connectivity index (χ1) is 6.62. The molecule has 0 saturated heterocycles. The van der Waals surface area contributed by atoms with E-state index in [0.29, 0.717) is 0 Å². The van der Waals surface area contributed by atoms with Gasteiger partial charge >= 0.3 is 10.2 Å². The van der Waals surface area contributed by atoms with Gasteiger partial charge in [-0.25, -0.2) is 8.42 Å². The van der Waals surface area contributed by atoms with Gasteiger partial charge in [-0.05, 0) is 18.2 Å². The lowest BCUT2D eigenvalue weighted by atomic mass is 10.3. The minimum absolute atomic E-state index is 0.227. The second-order valence-corrected chi connectivity index (χ2v) is 6.24. The zero-order valence-electron chi connectivity index (χ0n) is 7.64. The monoisotopic (exact) mass is 253 g/mol. The molecular formula is C7H8FNO4S2. The third-order valence-electron chi connectivity index (χ3n) is 1.66. The number of benzene rings is 1. The lowest BCUT2D eigenvalue weighted by molar-refractivity contribution is 0.552. The molecule has 0 atom stereocenters. The number of hydrogen-bond acceptors (Lipinski definition) is 5. The van der Waals surface area contributed by atoms with Crippen molar-refractivity contribution < 1.29 is 20.7 Å². The van der Waals surface area contributed by atoms with Crippen molar-refractivity contribution in [3.05, 3.63) is 18.2 Å². The summed E-state index contributed by atoms with van der Waals surface area (Å²) in [6.45, 7) is 0. The van der Waals surface area contributed by atoms with Gasteiger partial charge in [0.2, 0.25) is 0 Å². The molecule has 5 nitrogen and oxygen atoms in total. The smallest absolute Gasteiger partial charge is 0.332 e. The van der Waals surface area contributed by atoms with Crippen molar-refractivity contribution in [3.63, 3.8) is 0 Å². The summed E-state index contributed by atoms with van der Waals surface area (Å²) in [6, 6.07) is 2.57. The van der Waals surface area contributed by atoms with Crippen molar-refractivity contribution in [2.75, 3.05) is 12.0 Å². The van der Waals surface area contributed by atoms with Gasteiger partial charge < -0.3 is 5.73 Å². The van der Waals surface area contributed by atoms with Gasteiger partial charge in [-0.2, -0.15) is 8.42 Å². The Balaban J connectivity index is 3.47. The van der Waals surface area contributed by atoms with E-state index in [9.17, 15) is 20.7 Å². The van der Waals surface area contributed by atoms with Crippen molar-refractivity contribution in [1.29, 1.82) is 0 Å². The number of hydrogen-bond donors (Lipinski definition) is 1. The number of sulfone groups is 1. The van der Waals surface area contributed by atoms with E-state index in [1.165, 1.54) is 0 Å². The summed E-state index contributed by atoms with van der Waals surface area (Å²) in [6.07, 6.45) is 0.919. The molecule has 15 heavy (non-hydrogen) atoms. The van der Waals surface area contributed by atoms with E-state index < -0.39 is 25.0 Å². The summed E-state index contributed by atoms with van der Waals surface area (Å²) >= 11 is 0. The summed E-state index contributed by atoms with van der Waals surface area (Å²) < 4.78 is 55.6. The second-order valence-electron chi connectivity index (χ2n) is 2.91. The predicted octanol–water partition coefficient (Wildman–Crippen LogP) is 0.331. The van der Waals surface area contributed by atoms with Gasteiger partial charge in [-0.3, -0.25) is 0 Å². The molecule has 0 bridgehead atoms. The Labute approximate surface area is 86.8 Å². The average molecular weight is 253 g/mol. The Kier molecular flexibility index (Phi) is 2.75. The van der Waals surface area contributed by atoms with E-state index in [0.717, 1.165) is 24.5 Å². The molecule has 0 unspecified atom stereocenters. The number of halogens is 1. The first-order valence-electron chi connectivity index (χ1n) is 3.66. The Hall–Kier alpha value is -1.15. The van der Waals surface area contributed by atoms with Crippen LogP contribution in [-0.2, 0) is 20.1 Å². The van der Waals surface area contributed by atoms with Crippen molar-refractivity contribution in [2.45, 2.75) is 9.79 Å². The Morgan fingerprint density at radius 3 is 2.07 bits per heavy atom. The maximum absolute atomic E-state index is 12.5. The summed E-state index contributed by atoms with van der Waals surface area (Å²) in [5.74, 6) is 0. The Bertz CT molecular complexity index is 591. The van der Waals surface area contributed by atoms with Gasteiger partial charge in [0.05, 0.1) is 10.6 Å². The molecule has 1 rings (SSSR count). The molecule has 0 aromatic heterocycles. The fraction of sp³-hybridized carbons (Fsp3) is 0.143. The zero-order valence-corrected chi connectivity index (χ0v) is 9.27. The largest absolute Gasteiger partial charge is 0.398 e. The van der Waals surface area contributed by atoms with Crippen molar-refractivity contribution in [1.82, 2.24) is 0 Å². The lowest BCUT2D eigenvalue weighted by Crippen LogP contribution is -2.04. The van der Waals surface area contributed by atoms with Crippen LogP contribution in [-0.4, -0.2) is 23.1 Å². The molecule has 0 amide bonds. The van der Waals surface area contributed by atoms with Crippen molar-refractivity contribution in [2.24, 2.45) is 0 Å². The van der Waals surface area contributed by atoms with Gasteiger partial charge in [0.15, 0.2) is 9.84 Å². The Morgan fingerprint density at radius 2 is 1.73 bits per heavy atom. The van der Waals surface area contributed by atoms with Crippen LogP contribution in [0.4, 0.5) is 9.57 Å². The zero-order chi connectivity index (χ0) is 11.9. The topological polar surface area (TPSA) is 94.3 Å². The van der Waals surface area contributed by atoms with Crippen LogP contribution in [0.25, 0.3) is 0 Å². The van der Waals surface area contributed by atoms with E-state index in [1.54, 1.807) is 0 Å². The number of rotatable bonds is 2. The highest BCUT2D eigenvalue weighted by Gasteiger charge is 2.17. The fourth-order valence-corrected chi connectivity index (χ4v) is 2.32. The maximum Gasteiger partial charge on any atom is 0.332 e. The second kappa shape index (κ2) is 3.46. The highest BCUT2D eigenvalue weighted by atomic mass is 32.3. The van der Waals surface area contributed by atoms with Crippen molar-refractivity contribution >= 4 is 25.7 Å². The molecule has 84 valence electrons. The Morgan fingerprint density at radius 1 is 1.20 bits per heavy atom. The van der Waals surface area contributed by atoms with Crippen LogP contribution in [0.1, 0.15) is 0 Å². The highest BCUT2D eigenvalue weighted by molar-refractivity contribution is 7.91. The molecule has 0 aliphatic heterocycles. The quantitative estimate of drug-likeness (QED) is 0.605. The minimum atomic E-state index is -4.86. The van der Waals surface area contributed by atoms with Gasteiger partial charge in [0.1, 0.15) is 4.90 Å². The van der Waals surface area contributed by atoms with Gasteiger partial charge in [0, 0.05) is 6.26 Å².